The average Bonchev–Trinajstić information content (AvgIpc) is 3.08. The zero-order valence-corrected chi connectivity index (χ0v) is 13.3. The summed E-state index contributed by atoms with van der Waals surface area (Å²) in [4.78, 5) is 0.342. The molecule has 2 saturated carbocycles. The summed E-state index contributed by atoms with van der Waals surface area (Å²) in [5.41, 5.74) is 1.03. The van der Waals surface area contributed by atoms with Crippen LogP contribution in [-0.4, -0.2) is 21.0 Å². The molecule has 2 aliphatic carbocycles. The molecule has 2 aliphatic rings. The van der Waals surface area contributed by atoms with E-state index in [1.807, 2.05) is 19.1 Å². The second-order valence-electron chi connectivity index (χ2n) is 6.35. The van der Waals surface area contributed by atoms with E-state index in [-0.39, 0.29) is 0 Å². The van der Waals surface area contributed by atoms with Crippen molar-refractivity contribution in [1.29, 1.82) is 0 Å². The van der Waals surface area contributed by atoms with Gasteiger partial charge >= 0.3 is 0 Å². The predicted molar refractivity (Wildman–Crippen MR) is 84.8 cm³/mol. The average molecular weight is 308 g/mol. The van der Waals surface area contributed by atoms with Gasteiger partial charge in [-0.2, -0.15) is 0 Å². The molecule has 116 valence electrons. The molecule has 0 saturated heterocycles. The molecule has 5 heteroatoms. The molecule has 2 fully saturated rings. The van der Waals surface area contributed by atoms with Gasteiger partial charge in [0.25, 0.3) is 0 Å². The van der Waals surface area contributed by atoms with E-state index in [1.165, 1.54) is 25.7 Å². The third-order valence-corrected chi connectivity index (χ3v) is 6.27. The van der Waals surface area contributed by atoms with Gasteiger partial charge < -0.3 is 5.32 Å². The number of hydrogen-bond acceptors (Lipinski definition) is 3. The van der Waals surface area contributed by atoms with Crippen LogP contribution >= 0.6 is 0 Å². The van der Waals surface area contributed by atoms with Crippen LogP contribution < -0.4 is 10.0 Å². The van der Waals surface area contributed by atoms with Crippen molar-refractivity contribution in [2.75, 3.05) is 11.9 Å². The summed E-state index contributed by atoms with van der Waals surface area (Å²) in [7, 11) is -3.35. The predicted octanol–water partition coefficient (Wildman–Crippen LogP) is 2.98. The van der Waals surface area contributed by atoms with Crippen LogP contribution in [0.25, 0.3) is 0 Å². The number of nitrogens with one attached hydrogen (secondary N) is 2. The molecule has 3 rings (SSSR count). The van der Waals surface area contributed by atoms with Gasteiger partial charge in [0.2, 0.25) is 10.0 Å². The number of anilines is 1. The summed E-state index contributed by atoms with van der Waals surface area (Å²) in [6.07, 6.45) is 6.16. The van der Waals surface area contributed by atoms with Gasteiger partial charge in [0.15, 0.2) is 0 Å². The summed E-state index contributed by atoms with van der Waals surface area (Å²) >= 11 is 0. The smallest absolute Gasteiger partial charge is 0.240 e. The van der Waals surface area contributed by atoms with E-state index in [1.54, 1.807) is 12.1 Å². The van der Waals surface area contributed by atoms with Crippen molar-refractivity contribution < 1.29 is 8.42 Å². The van der Waals surface area contributed by atoms with Gasteiger partial charge in [0, 0.05) is 18.3 Å². The molecule has 0 amide bonds. The minimum atomic E-state index is -3.35. The molecule has 2 bridgehead atoms. The Bertz CT molecular complexity index is 583. The molecular weight excluding hydrogens is 284 g/mol. The minimum absolute atomic E-state index is 0.342. The van der Waals surface area contributed by atoms with Crippen LogP contribution in [0.2, 0.25) is 0 Å². The molecule has 21 heavy (non-hydrogen) atoms. The van der Waals surface area contributed by atoms with Crippen molar-refractivity contribution in [2.45, 2.75) is 50.0 Å². The molecule has 0 spiro atoms. The quantitative estimate of drug-likeness (QED) is 0.849. The molecule has 0 radical (unpaired) electrons. The Morgan fingerprint density at radius 1 is 1.14 bits per heavy atom. The van der Waals surface area contributed by atoms with Gasteiger partial charge in [-0.25, -0.2) is 13.1 Å². The van der Waals surface area contributed by atoms with Gasteiger partial charge in [-0.05, 0) is 61.8 Å². The molecule has 4 nitrogen and oxygen atoms in total. The first-order valence-electron chi connectivity index (χ1n) is 7.95. The molecule has 3 atom stereocenters. The van der Waals surface area contributed by atoms with Crippen LogP contribution in [0.15, 0.2) is 29.2 Å². The second kappa shape index (κ2) is 5.97. The standard InChI is InChI=1S/C16H24N2O2S/c1-2-9-17-21(19,20)15-7-5-14(6-8-15)18-16-11-12-3-4-13(16)10-12/h5-8,12-13,16-18H,2-4,9-11H2,1H3. The zero-order valence-electron chi connectivity index (χ0n) is 12.5. The maximum absolute atomic E-state index is 12.0. The number of rotatable bonds is 6. The lowest BCUT2D eigenvalue weighted by molar-refractivity contribution is 0.440. The van der Waals surface area contributed by atoms with E-state index in [9.17, 15) is 8.42 Å². The third kappa shape index (κ3) is 3.24. The molecule has 1 aromatic carbocycles. The van der Waals surface area contributed by atoms with Crippen LogP contribution in [0.1, 0.15) is 39.0 Å². The molecule has 2 N–H and O–H groups in total. The number of sulfonamides is 1. The van der Waals surface area contributed by atoms with E-state index in [0.29, 0.717) is 17.5 Å². The highest BCUT2D eigenvalue weighted by Gasteiger charge is 2.39. The van der Waals surface area contributed by atoms with Crippen LogP contribution in [-0.2, 0) is 10.0 Å². The fourth-order valence-corrected chi connectivity index (χ4v) is 4.82. The second-order valence-corrected chi connectivity index (χ2v) is 8.11. The van der Waals surface area contributed by atoms with Crippen LogP contribution in [0.3, 0.4) is 0 Å². The fourth-order valence-electron chi connectivity index (χ4n) is 3.69. The Morgan fingerprint density at radius 2 is 1.90 bits per heavy atom. The van der Waals surface area contributed by atoms with E-state index in [4.69, 9.17) is 0 Å². The van der Waals surface area contributed by atoms with Crippen molar-refractivity contribution in [3.8, 4) is 0 Å². The van der Waals surface area contributed by atoms with Crippen molar-refractivity contribution in [2.24, 2.45) is 11.8 Å². The van der Waals surface area contributed by atoms with Crippen LogP contribution in [0.4, 0.5) is 5.69 Å². The van der Waals surface area contributed by atoms with Gasteiger partial charge in [-0.1, -0.05) is 13.3 Å². The maximum atomic E-state index is 12.0. The number of fused-ring (bicyclic) bond motifs is 2. The van der Waals surface area contributed by atoms with Crippen molar-refractivity contribution in [3.05, 3.63) is 24.3 Å². The van der Waals surface area contributed by atoms with E-state index < -0.39 is 10.0 Å². The Kier molecular flexibility index (Phi) is 4.22. The van der Waals surface area contributed by atoms with Crippen LogP contribution in [0, 0.1) is 11.8 Å². The van der Waals surface area contributed by atoms with E-state index in [0.717, 1.165) is 23.9 Å². The monoisotopic (exact) mass is 308 g/mol. The SMILES string of the molecule is CCCNS(=O)(=O)c1ccc(NC2CC3CCC2C3)cc1. The third-order valence-electron chi connectivity index (χ3n) is 4.80. The fraction of sp³-hybridized carbons (Fsp3) is 0.625. The van der Waals surface area contributed by atoms with Gasteiger partial charge in [-0.15, -0.1) is 0 Å². The largest absolute Gasteiger partial charge is 0.382 e. The highest BCUT2D eigenvalue weighted by atomic mass is 32.2. The first-order valence-corrected chi connectivity index (χ1v) is 9.43. The Labute approximate surface area is 127 Å². The van der Waals surface area contributed by atoms with Crippen molar-refractivity contribution in [1.82, 2.24) is 4.72 Å². The summed E-state index contributed by atoms with van der Waals surface area (Å²) < 4.78 is 26.6. The van der Waals surface area contributed by atoms with Gasteiger partial charge in [0.1, 0.15) is 0 Å². The summed E-state index contributed by atoms with van der Waals surface area (Å²) in [5, 5.41) is 3.58. The normalized spacial score (nSPS) is 28.0. The van der Waals surface area contributed by atoms with Gasteiger partial charge in [-0.3, -0.25) is 0 Å². The minimum Gasteiger partial charge on any atom is -0.382 e. The van der Waals surface area contributed by atoms with Gasteiger partial charge in [0.05, 0.1) is 4.90 Å². The topological polar surface area (TPSA) is 58.2 Å². The molecular formula is C16H24N2O2S. The highest BCUT2D eigenvalue weighted by Crippen LogP contribution is 2.45. The molecule has 3 unspecified atom stereocenters. The number of benzene rings is 1. The Morgan fingerprint density at radius 3 is 2.48 bits per heavy atom. The lowest BCUT2D eigenvalue weighted by Crippen LogP contribution is -2.26. The first-order chi connectivity index (χ1) is 10.1. The van der Waals surface area contributed by atoms with Crippen molar-refractivity contribution >= 4 is 15.7 Å². The lowest BCUT2D eigenvalue weighted by atomic mass is 9.95. The summed E-state index contributed by atoms with van der Waals surface area (Å²) in [6, 6.07) is 7.71. The number of hydrogen-bond donors (Lipinski definition) is 2. The van der Waals surface area contributed by atoms with Crippen LogP contribution in [0.5, 0.6) is 0 Å². The maximum Gasteiger partial charge on any atom is 0.240 e. The lowest BCUT2D eigenvalue weighted by Gasteiger charge is -2.24. The van der Waals surface area contributed by atoms with E-state index in [2.05, 4.69) is 10.0 Å². The van der Waals surface area contributed by atoms with Crippen molar-refractivity contribution in [3.63, 3.8) is 0 Å². The first kappa shape index (κ1) is 14.9. The molecule has 0 heterocycles. The highest BCUT2D eigenvalue weighted by molar-refractivity contribution is 7.89. The van der Waals surface area contributed by atoms with E-state index >= 15 is 0 Å². The Hall–Kier alpha value is -1.07. The Balaban J connectivity index is 1.64. The zero-order chi connectivity index (χ0) is 14.9. The molecule has 0 aromatic heterocycles. The summed E-state index contributed by atoms with van der Waals surface area (Å²) in [5.74, 6) is 1.72. The summed E-state index contributed by atoms with van der Waals surface area (Å²) in [6.45, 7) is 2.43. The molecule has 1 aromatic rings. The molecule has 0 aliphatic heterocycles.